The van der Waals surface area contributed by atoms with Gasteiger partial charge in [-0.05, 0) is 31.5 Å². The average molecular weight is 246 g/mol. The van der Waals surface area contributed by atoms with Crippen LogP contribution >= 0.6 is 0 Å². The summed E-state index contributed by atoms with van der Waals surface area (Å²) >= 11 is 0. The molecule has 0 unspecified atom stereocenters. The molecular weight excluding hydrogens is 224 g/mol. The molecule has 3 nitrogen and oxygen atoms in total. The lowest BCUT2D eigenvalue weighted by Gasteiger charge is -2.37. The Bertz CT molecular complexity index is 356. The quantitative estimate of drug-likeness (QED) is 0.874. The van der Waals surface area contributed by atoms with Crippen molar-refractivity contribution in [3.8, 4) is 0 Å². The summed E-state index contributed by atoms with van der Waals surface area (Å²) < 4.78 is 5.20. The van der Waals surface area contributed by atoms with Crippen LogP contribution in [0.4, 0.5) is 0 Å². The van der Waals surface area contributed by atoms with Gasteiger partial charge in [-0.15, -0.1) is 0 Å². The molecule has 0 radical (unpaired) electrons. The zero-order valence-electron chi connectivity index (χ0n) is 10.8. The molecule has 0 amide bonds. The number of hydrogen-bond donors (Lipinski definition) is 1. The first-order valence-electron chi connectivity index (χ1n) is 7.00. The van der Waals surface area contributed by atoms with Crippen molar-refractivity contribution in [1.29, 1.82) is 0 Å². The largest absolute Gasteiger partial charge is 0.378 e. The van der Waals surface area contributed by atoms with E-state index >= 15 is 0 Å². The Labute approximate surface area is 109 Å². The SMILES string of the molecule is c1ccc(CN2CCC(NC3COC3)CC2)cc1. The lowest BCUT2D eigenvalue weighted by atomic mass is 10.0. The molecule has 0 saturated carbocycles. The maximum Gasteiger partial charge on any atom is 0.0643 e. The third-order valence-corrected chi connectivity index (χ3v) is 3.95. The van der Waals surface area contributed by atoms with E-state index < -0.39 is 0 Å². The summed E-state index contributed by atoms with van der Waals surface area (Å²) in [4.78, 5) is 2.56. The number of ether oxygens (including phenoxy) is 1. The summed E-state index contributed by atoms with van der Waals surface area (Å²) in [6.07, 6.45) is 2.53. The van der Waals surface area contributed by atoms with Gasteiger partial charge in [-0.25, -0.2) is 0 Å². The van der Waals surface area contributed by atoms with Crippen LogP contribution in [0.15, 0.2) is 30.3 Å². The van der Waals surface area contributed by atoms with Crippen molar-refractivity contribution in [2.45, 2.75) is 31.5 Å². The van der Waals surface area contributed by atoms with Crippen LogP contribution in [-0.4, -0.2) is 43.3 Å². The van der Waals surface area contributed by atoms with Gasteiger partial charge in [0.2, 0.25) is 0 Å². The van der Waals surface area contributed by atoms with E-state index in [1.165, 1.54) is 31.5 Å². The molecule has 0 atom stereocenters. The molecule has 3 heteroatoms. The third kappa shape index (κ3) is 3.10. The number of benzene rings is 1. The standard InChI is InChI=1S/C15H22N2O/c1-2-4-13(5-3-1)10-17-8-6-14(7-9-17)16-15-11-18-12-15/h1-5,14-16H,6-12H2. The summed E-state index contributed by atoms with van der Waals surface area (Å²) in [6, 6.07) is 12.1. The molecule has 1 aromatic carbocycles. The molecule has 2 saturated heterocycles. The Morgan fingerprint density at radius 3 is 2.39 bits per heavy atom. The third-order valence-electron chi connectivity index (χ3n) is 3.95. The van der Waals surface area contributed by atoms with Crippen LogP contribution in [0.25, 0.3) is 0 Å². The zero-order chi connectivity index (χ0) is 12.2. The molecule has 0 aliphatic carbocycles. The molecule has 0 bridgehead atoms. The van der Waals surface area contributed by atoms with E-state index in [0.29, 0.717) is 12.1 Å². The van der Waals surface area contributed by atoms with Crippen LogP contribution in [-0.2, 0) is 11.3 Å². The van der Waals surface area contributed by atoms with Crippen LogP contribution in [0.3, 0.4) is 0 Å². The predicted octanol–water partition coefficient (Wildman–Crippen LogP) is 1.64. The number of hydrogen-bond acceptors (Lipinski definition) is 3. The fourth-order valence-electron chi connectivity index (χ4n) is 2.76. The van der Waals surface area contributed by atoms with E-state index in [-0.39, 0.29) is 0 Å². The highest BCUT2D eigenvalue weighted by Gasteiger charge is 2.25. The van der Waals surface area contributed by atoms with Gasteiger partial charge in [0, 0.05) is 12.6 Å². The number of likely N-dealkylation sites (tertiary alicyclic amines) is 1. The Morgan fingerprint density at radius 2 is 1.78 bits per heavy atom. The second-order valence-corrected chi connectivity index (χ2v) is 5.44. The van der Waals surface area contributed by atoms with Crippen LogP contribution < -0.4 is 5.32 Å². The van der Waals surface area contributed by atoms with Crippen LogP contribution in [0, 0.1) is 0 Å². The van der Waals surface area contributed by atoms with Gasteiger partial charge in [0.1, 0.15) is 0 Å². The molecule has 0 aromatic heterocycles. The van der Waals surface area contributed by atoms with Gasteiger partial charge in [0.15, 0.2) is 0 Å². The Kier molecular flexibility index (Phi) is 3.93. The lowest BCUT2D eigenvalue weighted by Crippen LogP contribution is -2.53. The summed E-state index contributed by atoms with van der Waals surface area (Å²) in [5.74, 6) is 0. The lowest BCUT2D eigenvalue weighted by molar-refractivity contribution is -0.0137. The second kappa shape index (κ2) is 5.83. The first-order chi connectivity index (χ1) is 8.90. The number of nitrogens with zero attached hydrogens (tertiary/aromatic N) is 1. The van der Waals surface area contributed by atoms with E-state index in [9.17, 15) is 0 Å². The second-order valence-electron chi connectivity index (χ2n) is 5.44. The number of rotatable bonds is 4. The van der Waals surface area contributed by atoms with E-state index in [1.54, 1.807) is 0 Å². The van der Waals surface area contributed by atoms with Gasteiger partial charge in [-0.2, -0.15) is 0 Å². The molecule has 2 aliphatic heterocycles. The molecule has 1 N–H and O–H groups in total. The van der Waals surface area contributed by atoms with Gasteiger partial charge in [-0.1, -0.05) is 30.3 Å². The monoisotopic (exact) mass is 246 g/mol. The minimum Gasteiger partial charge on any atom is -0.378 e. The van der Waals surface area contributed by atoms with Crippen molar-refractivity contribution >= 4 is 0 Å². The summed E-state index contributed by atoms with van der Waals surface area (Å²) in [7, 11) is 0. The highest BCUT2D eigenvalue weighted by molar-refractivity contribution is 5.14. The smallest absolute Gasteiger partial charge is 0.0643 e. The number of piperidine rings is 1. The van der Waals surface area contributed by atoms with Crippen molar-refractivity contribution in [2.24, 2.45) is 0 Å². The van der Waals surface area contributed by atoms with E-state index in [1.807, 2.05) is 0 Å². The minimum absolute atomic E-state index is 0.621. The fraction of sp³-hybridized carbons (Fsp3) is 0.600. The predicted molar refractivity (Wildman–Crippen MR) is 72.5 cm³/mol. The van der Waals surface area contributed by atoms with Crippen molar-refractivity contribution in [3.05, 3.63) is 35.9 Å². The fourth-order valence-corrected chi connectivity index (χ4v) is 2.76. The molecule has 0 spiro atoms. The molecule has 98 valence electrons. The van der Waals surface area contributed by atoms with Crippen molar-refractivity contribution in [3.63, 3.8) is 0 Å². The van der Waals surface area contributed by atoms with E-state index in [0.717, 1.165) is 19.8 Å². The van der Waals surface area contributed by atoms with Crippen molar-refractivity contribution < 1.29 is 4.74 Å². The van der Waals surface area contributed by atoms with E-state index in [4.69, 9.17) is 4.74 Å². The van der Waals surface area contributed by atoms with Gasteiger partial charge < -0.3 is 10.1 Å². The van der Waals surface area contributed by atoms with Gasteiger partial charge >= 0.3 is 0 Å². The summed E-state index contributed by atoms with van der Waals surface area (Å²) in [5.41, 5.74) is 1.43. The first kappa shape index (κ1) is 12.2. The van der Waals surface area contributed by atoms with Crippen molar-refractivity contribution in [2.75, 3.05) is 26.3 Å². The molecule has 2 heterocycles. The molecule has 1 aromatic rings. The molecule has 3 rings (SSSR count). The average Bonchev–Trinajstić information content (AvgIpc) is 2.37. The highest BCUT2D eigenvalue weighted by Crippen LogP contribution is 2.15. The minimum atomic E-state index is 0.621. The normalized spacial score (nSPS) is 22.9. The summed E-state index contributed by atoms with van der Waals surface area (Å²) in [5, 5.41) is 3.69. The topological polar surface area (TPSA) is 24.5 Å². The maximum atomic E-state index is 5.20. The van der Waals surface area contributed by atoms with E-state index in [2.05, 4.69) is 40.5 Å². The number of nitrogens with one attached hydrogen (secondary N) is 1. The van der Waals surface area contributed by atoms with Crippen LogP contribution in [0.2, 0.25) is 0 Å². The molecular formula is C15H22N2O. The van der Waals surface area contributed by atoms with Gasteiger partial charge in [0.25, 0.3) is 0 Å². The molecule has 18 heavy (non-hydrogen) atoms. The maximum absolute atomic E-state index is 5.20. The Hall–Kier alpha value is -0.900. The highest BCUT2D eigenvalue weighted by atomic mass is 16.5. The van der Waals surface area contributed by atoms with Gasteiger partial charge in [0.05, 0.1) is 19.3 Å². The molecule has 2 fully saturated rings. The van der Waals surface area contributed by atoms with Crippen LogP contribution in [0.5, 0.6) is 0 Å². The Balaban J connectivity index is 1.42. The van der Waals surface area contributed by atoms with Crippen LogP contribution in [0.1, 0.15) is 18.4 Å². The molecule has 2 aliphatic rings. The van der Waals surface area contributed by atoms with Gasteiger partial charge in [-0.3, -0.25) is 4.90 Å². The van der Waals surface area contributed by atoms with Crippen molar-refractivity contribution in [1.82, 2.24) is 10.2 Å². The zero-order valence-corrected chi connectivity index (χ0v) is 10.8. The summed E-state index contributed by atoms with van der Waals surface area (Å²) in [6.45, 7) is 5.33. The first-order valence-corrected chi connectivity index (χ1v) is 7.00. The Morgan fingerprint density at radius 1 is 1.06 bits per heavy atom.